The molecule has 1 nitrogen and oxygen atoms in total. The minimum Gasteiger partial charge on any atom is -0.490 e. The first kappa shape index (κ1) is 9.07. The van der Waals surface area contributed by atoms with E-state index in [1.165, 1.54) is 0 Å². The van der Waals surface area contributed by atoms with Crippen molar-refractivity contribution in [2.75, 3.05) is 0 Å². The van der Waals surface area contributed by atoms with Gasteiger partial charge in [-0.3, -0.25) is 0 Å². The van der Waals surface area contributed by atoms with Crippen molar-refractivity contribution >= 4 is 0 Å². The fourth-order valence-electron chi connectivity index (χ4n) is 1.60. The average Bonchev–Trinajstić information content (AvgIpc) is 2.27. The summed E-state index contributed by atoms with van der Waals surface area (Å²) in [6, 6.07) is 0. The first-order valence-electron chi connectivity index (χ1n) is 4.90. The molecule has 0 N–H and O–H groups in total. The Morgan fingerprint density at radius 2 is 1.64 bits per heavy atom. The summed E-state index contributed by atoms with van der Waals surface area (Å²) in [6.45, 7) is 1.98. The van der Waals surface area contributed by atoms with Crippen LogP contribution in [0.1, 0.15) is 6.92 Å². The van der Waals surface area contributed by atoms with E-state index in [0.29, 0.717) is 5.92 Å². The Morgan fingerprint density at radius 1 is 0.929 bits per heavy atom. The zero-order valence-electron chi connectivity index (χ0n) is 8.26. The number of ether oxygens (including phenoxy) is 1. The maximum absolute atomic E-state index is 5.80. The van der Waals surface area contributed by atoms with Crippen LogP contribution in [0.5, 0.6) is 0 Å². The SMILES string of the molecule is C\C1=C/C=C\C=C\C2C=CC=CC2O1. The van der Waals surface area contributed by atoms with Gasteiger partial charge < -0.3 is 4.74 Å². The van der Waals surface area contributed by atoms with Crippen LogP contribution in [0.25, 0.3) is 0 Å². The molecule has 2 aliphatic rings. The predicted octanol–water partition coefficient (Wildman–Crippen LogP) is 3.14. The normalized spacial score (nSPS) is 37.9. The second kappa shape index (κ2) is 4.14. The molecule has 1 aliphatic carbocycles. The molecule has 2 unspecified atom stereocenters. The highest BCUT2D eigenvalue weighted by Crippen LogP contribution is 2.20. The van der Waals surface area contributed by atoms with Gasteiger partial charge in [-0.05, 0) is 19.1 Å². The number of allylic oxidation sites excluding steroid dienone is 7. The summed E-state index contributed by atoms with van der Waals surface area (Å²) in [6.07, 6.45) is 18.7. The standard InChI is InChI=1S/C13H14O/c1-11-7-3-2-4-8-12-9-5-6-10-13(12)14-11/h2-10,12-13H,1H3/b3-2-,8-4+,11-7+. The number of hydrogen-bond acceptors (Lipinski definition) is 1. The lowest BCUT2D eigenvalue weighted by Gasteiger charge is -2.22. The second-order valence-electron chi connectivity index (χ2n) is 3.48. The maximum Gasteiger partial charge on any atom is 0.126 e. The molecule has 0 bridgehead atoms. The molecule has 0 aromatic heterocycles. The Hall–Kier alpha value is -1.50. The topological polar surface area (TPSA) is 9.23 Å². The van der Waals surface area contributed by atoms with Gasteiger partial charge >= 0.3 is 0 Å². The smallest absolute Gasteiger partial charge is 0.126 e. The molecule has 1 heteroatoms. The highest BCUT2D eigenvalue weighted by molar-refractivity contribution is 5.24. The molecular formula is C13H14O. The minimum absolute atomic E-state index is 0.146. The average molecular weight is 186 g/mol. The van der Waals surface area contributed by atoms with Gasteiger partial charge in [-0.25, -0.2) is 0 Å². The van der Waals surface area contributed by atoms with Crippen molar-refractivity contribution in [2.24, 2.45) is 5.92 Å². The van der Waals surface area contributed by atoms with Gasteiger partial charge in [-0.1, -0.05) is 42.5 Å². The van der Waals surface area contributed by atoms with Crippen LogP contribution < -0.4 is 0 Å². The van der Waals surface area contributed by atoms with Gasteiger partial charge in [-0.15, -0.1) is 0 Å². The summed E-state index contributed by atoms with van der Waals surface area (Å²) in [4.78, 5) is 0. The van der Waals surface area contributed by atoms with Crippen LogP contribution in [-0.4, -0.2) is 6.10 Å². The lowest BCUT2D eigenvalue weighted by Crippen LogP contribution is -2.19. The van der Waals surface area contributed by atoms with Crippen LogP contribution in [0.4, 0.5) is 0 Å². The molecule has 0 aromatic carbocycles. The van der Waals surface area contributed by atoms with Crippen molar-refractivity contribution in [1.82, 2.24) is 0 Å². The zero-order chi connectivity index (χ0) is 9.80. The third-order valence-electron chi connectivity index (χ3n) is 2.33. The largest absolute Gasteiger partial charge is 0.490 e. The summed E-state index contributed by atoms with van der Waals surface area (Å²) in [5, 5.41) is 0. The van der Waals surface area contributed by atoms with Crippen molar-refractivity contribution in [1.29, 1.82) is 0 Å². The van der Waals surface area contributed by atoms with Crippen molar-refractivity contribution in [3.8, 4) is 0 Å². The number of hydrogen-bond donors (Lipinski definition) is 0. The van der Waals surface area contributed by atoms with Gasteiger partial charge in [0.05, 0.1) is 5.76 Å². The highest BCUT2D eigenvalue weighted by atomic mass is 16.5. The molecule has 2 atom stereocenters. The number of fused-ring (bicyclic) bond motifs is 1. The molecule has 1 heterocycles. The third-order valence-corrected chi connectivity index (χ3v) is 2.33. The van der Waals surface area contributed by atoms with E-state index in [9.17, 15) is 0 Å². The van der Waals surface area contributed by atoms with E-state index < -0.39 is 0 Å². The Bertz CT molecular complexity index is 342. The third kappa shape index (κ3) is 2.05. The molecule has 0 saturated heterocycles. The monoisotopic (exact) mass is 186 g/mol. The molecule has 0 fully saturated rings. The molecule has 2 rings (SSSR count). The summed E-state index contributed by atoms with van der Waals surface area (Å²) >= 11 is 0. The summed E-state index contributed by atoms with van der Waals surface area (Å²) in [5.41, 5.74) is 0. The highest BCUT2D eigenvalue weighted by Gasteiger charge is 2.17. The molecule has 0 saturated carbocycles. The van der Waals surface area contributed by atoms with Gasteiger partial charge in [0.1, 0.15) is 6.10 Å². The number of rotatable bonds is 0. The van der Waals surface area contributed by atoms with Crippen molar-refractivity contribution in [3.05, 3.63) is 60.4 Å². The van der Waals surface area contributed by atoms with Crippen LogP contribution in [-0.2, 0) is 4.74 Å². The molecule has 0 spiro atoms. The van der Waals surface area contributed by atoms with E-state index in [4.69, 9.17) is 4.74 Å². The van der Waals surface area contributed by atoms with Crippen molar-refractivity contribution in [2.45, 2.75) is 13.0 Å². The molecule has 14 heavy (non-hydrogen) atoms. The second-order valence-corrected chi connectivity index (χ2v) is 3.48. The maximum atomic E-state index is 5.80. The predicted molar refractivity (Wildman–Crippen MR) is 58.7 cm³/mol. The quantitative estimate of drug-likeness (QED) is 0.564. The van der Waals surface area contributed by atoms with Gasteiger partial charge in [0.15, 0.2) is 0 Å². The van der Waals surface area contributed by atoms with Crippen LogP contribution in [0.2, 0.25) is 0 Å². The van der Waals surface area contributed by atoms with E-state index in [1.807, 2.05) is 31.2 Å². The summed E-state index contributed by atoms with van der Waals surface area (Å²) in [7, 11) is 0. The van der Waals surface area contributed by atoms with E-state index in [0.717, 1.165) is 5.76 Å². The fourth-order valence-corrected chi connectivity index (χ4v) is 1.60. The van der Waals surface area contributed by atoms with E-state index in [1.54, 1.807) is 0 Å². The Labute approximate surface area is 84.8 Å². The Morgan fingerprint density at radius 3 is 2.50 bits per heavy atom. The van der Waals surface area contributed by atoms with Crippen LogP contribution >= 0.6 is 0 Å². The van der Waals surface area contributed by atoms with Gasteiger partial charge in [-0.2, -0.15) is 0 Å². The van der Waals surface area contributed by atoms with E-state index in [-0.39, 0.29) is 6.10 Å². The summed E-state index contributed by atoms with van der Waals surface area (Å²) < 4.78 is 5.80. The molecule has 1 aliphatic heterocycles. The molecule has 0 radical (unpaired) electrons. The fraction of sp³-hybridized carbons (Fsp3) is 0.231. The van der Waals surface area contributed by atoms with Crippen LogP contribution in [0, 0.1) is 5.92 Å². The van der Waals surface area contributed by atoms with Crippen LogP contribution in [0.15, 0.2) is 60.4 Å². The Balaban J connectivity index is 2.25. The van der Waals surface area contributed by atoms with Gasteiger partial charge in [0.2, 0.25) is 0 Å². The Kier molecular flexibility index (Phi) is 2.68. The first-order chi connectivity index (χ1) is 6.86. The summed E-state index contributed by atoms with van der Waals surface area (Å²) in [5.74, 6) is 1.31. The molecule has 0 amide bonds. The first-order valence-corrected chi connectivity index (χ1v) is 4.90. The molecular weight excluding hydrogens is 172 g/mol. The zero-order valence-corrected chi connectivity index (χ0v) is 8.26. The van der Waals surface area contributed by atoms with Gasteiger partial charge in [0, 0.05) is 5.92 Å². The molecule has 0 aromatic rings. The van der Waals surface area contributed by atoms with Crippen molar-refractivity contribution < 1.29 is 4.74 Å². The minimum atomic E-state index is 0.146. The van der Waals surface area contributed by atoms with Crippen LogP contribution in [0.3, 0.4) is 0 Å². The molecule has 72 valence electrons. The van der Waals surface area contributed by atoms with Crippen molar-refractivity contribution in [3.63, 3.8) is 0 Å². The van der Waals surface area contributed by atoms with E-state index >= 15 is 0 Å². The van der Waals surface area contributed by atoms with E-state index in [2.05, 4.69) is 30.4 Å². The lowest BCUT2D eigenvalue weighted by atomic mass is 9.97. The van der Waals surface area contributed by atoms with Gasteiger partial charge in [0.25, 0.3) is 0 Å². The lowest BCUT2D eigenvalue weighted by molar-refractivity contribution is 0.135.